The van der Waals surface area contributed by atoms with Gasteiger partial charge in [-0.05, 0) is 55.2 Å². The normalized spacial score (nSPS) is 12.0. The van der Waals surface area contributed by atoms with Gasteiger partial charge in [-0.3, -0.25) is 4.79 Å². The first-order valence-corrected chi connectivity index (χ1v) is 11.4. The van der Waals surface area contributed by atoms with Gasteiger partial charge in [0.1, 0.15) is 5.75 Å². The summed E-state index contributed by atoms with van der Waals surface area (Å²) in [6.07, 6.45) is 5.70. The lowest BCUT2D eigenvalue weighted by Gasteiger charge is -2.24. The minimum atomic E-state index is -0.991. The Bertz CT molecular complexity index is 1040. The van der Waals surface area contributed by atoms with E-state index in [1.807, 2.05) is 36.4 Å². The third-order valence-corrected chi connectivity index (χ3v) is 6.63. The van der Waals surface area contributed by atoms with Gasteiger partial charge in [0.25, 0.3) is 0 Å². The lowest BCUT2D eigenvalue weighted by molar-refractivity contribution is 0.115. The Hall–Kier alpha value is -1.99. The molecule has 0 saturated heterocycles. The molecular weight excluding hydrogens is 398 g/mol. The molecule has 0 spiro atoms. The molecule has 0 bridgehead atoms. The van der Waals surface area contributed by atoms with E-state index in [0.717, 1.165) is 27.1 Å². The van der Waals surface area contributed by atoms with E-state index >= 15 is 0 Å². The van der Waals surface area contributed by atoms with Crippen LogP contribution in [0.5, 0.6) is 5.75 Å². The third kappa shape index (κ3) is 5.38. The van der Waals surface area contributed by atoms with Gasteiger partial charge in [0.05, 0.1) is 25.4 Å². The Morgan fingerprint density at radius 2 is 1.70 bits per heavy atom. The lowest BCUT2D eigenvalue weighted by Crippen LogP contribution is -2.47. The number of nitrogens with two attached hydrogens (primary N) is 1. The number of hydrogen-bond donors (Lipinski definition) is 3. The van der Waals surface area contributed by atoms with Crippen molar-refractivity contribution in [2.45, 2.75) is 51.0 Å². The summed E-state index contributed by atoms with van der Waals surface area (Å²) in [6, 6.07) is 11.5. The molecule has 3 aromatic rings. The van der Waals surface area contributed by atoms with Crippen molar-refractivity contribution in [2.75, 3.05) is 19.8 Å². The molecule has 0 atom stereocenters. The van der Waals surface area contributed by atoms with Gasteiger partial charge in [-0.25, -0.2) is 0 Å². The van der Waals surface area contributed by atoms with Crippen LogP contribution in [-0.4, -0.2) is 35.6 Å². The second-order valence-corrected chi connectivity index (χ2v) is 9.09. The van der Waals surface area contributed by atoms with Gasteiger partial charge in [-0.1, -0.05) is 32.3 Å². The zero-order valence-electron chi connectivity index (χ0n) is 17.5. The molecule has 30 heavy (non-hydrogen) atoms. The summed E-state index contributed by atoms with van der Waals surface area (Å²) < 4.78 is 7.71. The molecule has 1 heterocycles. The van der Waals surface area contributed by atoms with Crippen molar-refractivity contribution in [1.82, 2.24) is 0 Å². The number of fused-ring (bicyclic) bond motifs is 2. The van der Waals surface area contributed by atoms with Crippen LogP contribution >= 0.6 is 11.3 Å². The summed E-state index contributed by atoms with van der Waals surface area (Å²) in [7, 11) is 0. The fourth-order valence-electron chi connectivity index (χ4n) is 3.44. The molecule has 6 heteroatoms. The third-order valence-electron chi connectivity index (χ3n) is 5.52. The highest BCUT2D eigenvalue weighted by atomic mass is 32.1. The molecule has 0 aliphatic heterocycles. The Morgan fingerprint density at radius 3 is 2.40 bits per heavy atom. The maximum atomic E-state index is 12.9. The molecule has 3 rings (SSSR count). The number of hydrogen-bond acceptors (Lipinski definition) is 6. The number of rotatable bonds is 11. The number of benzene rings is 2. The van der Waals surface area contributed by atoms with Crippen LogP contribution in [0.15, 0.2) is 41.2 Å². The monoisotopic (exact) mass is 429 g/mol. The molecule has 2 aromatic carbocycles. The fourth-order valence-corrected chi connectivity index (χ4v) is 4.61. The number of unbranched alkanes of at least 4 members (excludes halogenated alkanes) is 3. The minimum absolute atomic E-state index is 0.0266. The average Bonchev–Trinajstić information content (AvgIpc) is 2.77. The largest absolute Gasteiger partial charge is 0.494 e. The van der Waals surface area contributed by atoms with Crippen molar-refractivity contribution in [3.8, 4) is 5.75 Å². The maximum absolute atomic E-state index is 12.9. The number of aliphatic hydroxyl groups excluding tert-OH is 2. The van der Waals surface area contributed by atoms with Crippen molar-refractivity contribution in [3.05, 3.63) is 52.2 Å². The first kappa shape index (κ1) is 22.7. The van der Waals surface area contributed by atoms with Gasteiger partial charge in [-0.15, -0.1) is 11.3 Å². The van der Waals surface area contributed by atoms with Gasteiger partial charge in [0.15, 0.2) is 5.43 Å². The second-order valence-electron chi connectivity index (χ2n) is 8.01. The standard InChI is InChI=1S/C24H31NO4S/c1-2-3-4-5-12-29-18-7-9-20-22(14-18)30-21-13-17(6-8-19(21)23(20)28)10-11-24(25,15-26)16-27/h6-9,13-14,26-27H,2-5,10-12,15-16,25H2,1H3. The summed E-state index contributed by atoms with van der Waals surface area (Å²) in [5, 5.41) is 20.2. The highest BCUT2D eigenvalue weighted by Crippen LogP contribution is 2.29. The van der Waals surface area contributed by atoms with Crippen LogP contribution in [0.2, 0.25) is 0 Å². The Labute approximate surface area is 181 Å². The zero-order chi connectivity index (χ0) is 21.6. The number of aliphatic hydroxyl groups is 2. The summed E-state index contributed by atoms with van der Waals surface area (Å²) in [5.74, 6) is 0.795. The highest BCUT2D eigenvalue weighted by molar-refractivity contribution is 7.24. The Kier molecular flexibility index (Phi) is 7.83. The molecule has 1 aromatic heterocycles. The van der Waals surface area contributed by atoms with Crippen molar-refractivity contribution < 1.29 is 14.9 Å². The average molecular weight is 430 g/mol. The van der Waals surface area contributed by atoms with E-state index in [1.165, 1.54) is 19.3 Å². The first-order valence-electron chi connectivity index (χ1n) is 10.6. The van der Waals surface area contributed by atoms with E-state index in [-0.39, 0.29) is 18.6 Å². The van der Waals surface area contributed by atoms with Crippen LogP contribution in [0.4, 0.5) is 0 Å². The van der Waals surface area contributed by atoms with Gasteiger partial charge in [-0.2, -0.15) is 0 Å². The molecule has 5 nitrogen and oxygen atoms in total. The van der Waals surface area contributed by atoms with E-state index in [4.69, 9.17) is 10.5 Å². The van der Waals surface area contributed by atoms with E-state index in [1.54, 1.807) is 11.3 Å². The van der Waals surface area contributed by atoms with Crippen molar-refractivity contribution >= 4 is 31.5 Å². The Balaban J connectivity index is 1.83. The van der Waals surface area contributed by atoms with Crippen LogP contribution in [0.3, 0.4) is 0 Å². The number of aryl methyl sites for hydroxylation is 1. The molecule has 0 amide bonds. The first-order chi connectivity index (χ1) is 14.5. The van der Waals surface area contributed by atoms with Crippen LogP contribution in [0, 0.1) is 0 Å². The molecule has 0 fully saturated rings. The SMILES string of the molecule is CCCCCCOc1ccc2c(=O)c3ccc(CCC(N)(CO)CO)cc3sc2c1. The molecule has 0 saturated carbocycles. The topological polar surface area (TPSA) is 92.8 Å². The molecular formula is C24H31NO4S. The quantitative estimate of drug-likeness (QED) is 0.317. The fraction of sp³-hybridized carbons (Fsp3) is 0.458. The number of ether oxygens (including phenoxy) is 1. The van der Waals surface area contributed by atoms with E-state index < -0.39 is 5.54 Å². The van der Waals surface area contributed by atoms with Crippen molar-refractivity contribution in [2.24, 2.45) is 5.73 Å². The molecule has 0 unspecified atom stereocenters. The van der Waals surface area contributed by atoms with Gasteiger partial charge in [0.2, 0.25) is 0 Å². The molecule has 162 valence electrons. The van der Waals surface area contributed by atoms with Crippen molar-refractivity contribution in [1.29, 1.82) is 0 Å². The van der Waals surface area contributed by atoms with Gasteiger partial charge >= 0.3 is 0 Å². The predicted molar refractivity (Wildman–Crippen MR) is 125 cm³/mol. The summed E-state index contributed by atoms with van der Waals surface area (Å²) in [4.78, 5) is 12.9. The molecule has 0 radical (unpaired) electrons. The van der Waals surface area contributed by atoms with E-state index in [2.05, 4.69) is 6.92 Å². The summed E-state index contributed by atoms with van der Waals surface area (Å²) >= 11 is 1.58. The van der Waals surface area contributed by atoms with Crippen LogP contribution < -0.4 is 15.9 Å². The Morgan fingerprint density at radius 1 is 1.00 bits per heavy atom. The smallest absolute Gasteiger partial charge is 0.195 e. The predicted octanol–water partition coefficient (Wildman–Crippen LogP) is 3.99. The maximum Gasteiger partial charge on any atom is 0.195 e. The lowest BCUT2D eigenvalue weighted by atomic mass is 9.94. The molecule has 4 N–H and O–H groups in total. The highest BCUT2D eigenvalue weighted by Gasteiger charge is 2.22. The van der Waals surface area contributed by atoms with Crippen LogP contribution in [0.1, 0.15) is 44.6 Å². The summed E-state index contributed by atoms with van der Waals surface area (Å²) in [5.41, 5.74) is 6.04. The van der Waals surface area contributed by atoms with Crippen LogP contribution in [0.25, 0.3) is 20.2 Å². The van der Waals surface area contributed by atoms with E-state index in [9.17, 15) is 15.0 Å². The minimum Gasteiger partial charge on any atom is -0.494 e. The second kappa shape index (κ2) is 10.4. The van der Waals surface area contributed by atoms with Crippen LogP contribution in [-0.2, 0) is 6.42 Å². The van der Waals surface area contributed by atoms with Crippen molar-refractivity contribution in [3.63, 3.8) is 0 Å². The van der Waals surface area contributed by atoms with Gasteiger partial charge in [0, 0.05) is 20.2 Å². The molecule has 0 aliphatic carbocycles. The van der Waals surface area contributed by atoms with Gasteiger partial charge < -0.3 is 20.7 Å². The zero-order valence-corrected chi connectivity index (χ0v) is 18.3. The van der Waals surface area contributed by atoms with E-state index in [0.29, 0.717) is 30.2 Å². The molecule has 0 aliphatic rings. The summed E-state index contributed by atoms with van der Waals surface area (Å²) in [6.45, 7) is 2.34.